The summed E-state index contributed by atoms with van der Waals surface area (Å²) in [5.41, 5.74) is 0.0609. The summed E-state index contributed by atoms with van der Waals surface area (Å²) in [6.07, 6.45) is -4.44. The molecule has 1 amide bonds. The van der Waals surface area contributed by atoms with Gasteiger partial charge in [0, 0.05) is 11.1 Å². The van der Waals surface area contributed by atoms with Crippen LogP contribution in [0.3, 0.4) is 0 Å². The molecule has 0 atom stereocenters. The number of aromatic amines is 1. The van der Waals surface area contributed by atoms with E-state index >= 15 is 0 Å². The van der Waals surface area contributed by atoms with Gasteiger partial charge in [-0.05, 0) is 24.3 Å². The van der Waals surface area contributed by atoms with E-state index in [0.717, 1.165) is 29.8 Å². The number of rotatable bonds is 3. The quantitative estimate of drug-likeness (QED) is 0.767. The van der Waals surface area contributed by atoms with Crippen molar-refractivity contribution in [3.8, 4) is 11.4 Å². The number of hydrogen-bond acceptors (Lipinski definition) is 3. The molecule has 8 heteroatoms. The van der Waals surface area contributed by atoms with Crippen LogP contribution < -0.4 is 5.32 Å². The second-order valence-electron chi connectivity index (χ2n) is 4.92. The first-order valence-corrected chi connectivity index (χ1v) is 6.90. The maximum Gasteiger partial charge on any atom is 0.416 e. The Bertz CT molecular complexity index is 842. The third-order valence-corrected chi connectivity index (χ3v) is 3.24. The van der Waals surface area contributed by atoms with Gasteiger partial charge >= 0.3 is 6.18 Å². The van der Waals surface area contributed by atoms with Crippen molar-refractivity contribution >= 4 is 11.9 Å². The maximum atomic E-state index is 12.5. The van der Waals surface area contributed by atoms with Crippen molar-refractivity contribution in [2.75, 3.05) is 5.32 Å². The second kappa shape index (κ2) is 6.15. The van der Waals surface area contributed by atoms with Crippen LogP contribution in [0.2, 0.25) is 0 Å². The van der Waals surface area contributed by atoms with E-state index in [1.165, 1.54) is 0 Å². The Labute approximate surface area is 134 Å². The number of amides is 1. The molecule has 0 fully saturated rings. The van der Waals surface area contributed by atoms with E-state index in [2.05, 4.69) is 20.5 Å². The van der Waals surface area contributed by atoms with E-state index in [0.29, 0.717) is 5.82 Å². The minimum atomic E-state index is -4.44. The SMILES string of the molecule is O=C(Nc1nnc(-c2ccccc2)[nH]1)c1ccc(C(F)(F)F)cc1. The zero-order valence-electron chi connectivity index (χ0n) is 12.1. The Kier molecular flexibility index (Phi) is 4.03. The smallest absolute Gasteiger partial charge is 0.307 e. The lowest BCUT2D eigenvalue weighted by atomic mass is 10.1. The maximum absolute atomic E-state index is 12.5. The summed E-state index contributed by atoms with van der Waals surface area (Å²) in [7, 11) is 0. The zero-order valence-corrected chi connectivity index (χ0v) is 12.1. The molecule has 0 saturated heterocycles. The number of H-pyrrole nitrogens is 1. The van der Waals surface area contributed by atoms with Gasteiger partial charge in [-0.1, -0.05) is 30.3 Å². The van der Waals surface area contributed by atoms with Crippen molar-refractivity contribution in [1.82, 2.24) is 15.2 Å². The van der Waals surface area contributed by atoms with Gasteiger partial charge in [-0.15, -0.1) is 10.2 Å². The lowest BCUT2D eigenvalue weighted by Crippen LogP contribution is -2.13. The fraction of sp³-hybridized carbons (Fsp3) is 0.0625. The normalized spacial score (nSPS) is 11.3. The number of aromatic nitrogens is 3. The van der Waals surface area contributed by atoms with E-state index in [1.807, 2.05) is 30.3 Å². The predicted octanol–water partition coefficient (Wildman–Crippen LogP) is 3.74. The fourth-order valence-electron chi connectivity index (χ4n) is 2.03. The summed E-state index contributed by atoms with van der Waals surface area (Å²) >= 11 is 0. The molecule has 5 nitrogen and oxygen atoms in total. The first-order chi connectivity index (χ1) is 11.4. The molecule has 0 unspecified atom stereocenters. The van der Waals surface area contributed by atoms with Gasteiger partial charge in [0.2, 0.25) is 5.95 Å². The van der Waals surface area contributed by atoms with E-state index in [1.54, 1.807) is 0 Å². The Hall–Kier alpha value is -3.16. The van der Waals surface area contributed by atoms with Gasteiger partial charge in [-0.3, -0.25) is 10.1 Å². The van der Waals surface area contributed by atoms with Crippen LogP contribution in [0, 0.1) is 0 Å². The highest BCUT2D eigenvalue weighted by Crippen LogP contribution is 2.29. The lowest BCUT2D eigenvalue weighted by Gasteiger charge is -2.07. The third-order valence-electron chi connectivity index (χ3n) is 3.24. The van der Waals surface area contributed by atoms with Gasteiger partial charge < -0.3 is 4.98 Å². The highest BCUT2D eigenvalue weighted by molar-refractivity contribution is 6.03. The summed E-state index contributed by atoms with van der Waals surface area (Å²) in [4.78, 5) is 14.9. The van der Waals surface area contributed by atoms with Gasteiger partial charge in [0.1, 0.15) is 0 Å². The fourth-order valence-corrected chi connectivity index (χ4v) is 2.03. The molecule has 2 N–H and O–H groups in total. The second-order valence-corrected chi connectivity index (χ2v) is 4.92. The summed E-state index contributed by atoms with van der Waals surface area (Å²) in [5, 5.41) is 10.2. The van der Waals surface area contributed by atoms with Crippen molar-refractivity contribution in [2.45, 2.75) is 6.18 Å². The molecule has 2 aromatic carbocycles. The van der Waals surface area contributed by atoms with Crippen molar-refractivity contribution < 1.29 is 18.0 Å². The van der Waals surface area contributed by atoms with Crippen LogP contribution in [-0.4, -0.2) is 21.1 Å². The zero-order chi connectivity index (χ0) is 17.2. The van der Waals surface area contributed by atoms with Crippen LogP contribution in [0.15, 0.2) is 54.6 Å². The molecule has 0 bridgehead atoms. The van der Waals surface area contributed by atoms with Gasteiger partial charge in [0.15, 0.2) is 5.82 Å². The van der Waals surface area contributed by atoms with Crippen LogP contribution in [0.1, 0.15) is 15.9 Å². The van der Waals surface area contributed by atoms with Crippen LogP contribution in [0.25, 0.3) is 11.4 Å². The number of nitrogens with zero attached hydrogens (tertiary/aromatic N) is 2. The van der Waals surface area contributed by atoms with Gasteiger partial charge in [0.25, 0.3) is 5.91 Å². The highest BCUT2D eigenvalue weighted by Gasteiger charge is 2.30. The lowest BCUT2D eigenvalue weighted by molar-refractivity contribution is -0.137. The molecular weight excluding hydrogens is 321 g/mol. The Morgan fingerprint density at radius 1 is 0.958 bits per heavy atom. The monoisotopic (exact) mass is 332 g/mol. The average Bonchev–Trinajstić information content (AvgIpc) is 3.03. The highest BCUT2D eigenvalue weighted by atomic mass is 19.4. The number of anilines is 1. The molecule has 0 radical (unpaired) electrons. The predicted molar refractivity (Wildman–Crippen MR) is 81.2 cm³/mol. The average molecular weight is 332 g/mol. The van der Waals surface area contributed by atoms with Crippen molar-refractivity contribution in [1.29, 1.82) is 0 Å². The number of hydrogen-bond donors (Lipinski definition) is 2. The van der Waals surface area contributed by atoms with Crippen LogP contribution in [0.4, 0.5) is 19.1 Å². The molecule has 0 aliphatic rings. The third kappa shape index (κ3) is 3.43. The molecule has 3 rings (SSSR count). The number of carbonyl (C=O) groups is 1. The molecular formula is C16H11F3N4O. The molecule has 0 saturated carbocycles. The number of benzene rings is 2. The number of nitrogens with one attached hydrogen (secondary N) is 2. The summed E-state index contributed by atoms with van der Waals surface area (Å²) < 4.78 is 37.5. The van der Waals surface area contributed by atoms with E-state index in [9.17, 15) is 18.0 Å². The number of alkyl halides is 3. The van der Waals surface area contributed by atoms with Crippen LogP contribution in [0.5, 0.6) is 0 Å². The number of carbonyl (C=O) groups excluding carboxylic acids is 1. The van der Waals surface area contributed by atoms with Crippen molar-refractivity contribution in [3.63, 3.8) is 0 Å². The van der Waals surface area contributed by atoms with Gasteiger partial charge in [-0.25, -0.2) is 0 Å². The van der Waals surface area contributed by atoms with Crippen LogP contribution >= 0.6 is 0 Å². The Balaban J connectivity index is 1.72. The molecule has 0 spiro atoms. The van der Waals surface area contributed by atoms with E-state index in [-0.39, 0.29) is 11.5 Å². The Morgan fingerprint density at radius 3 is 2.25 bits per heavy atom. The minimum Gasteiger partial charge on any atom is -0.307 e. The Morgan fingerprint density at radius 2 is 1.62 bits per heavy atom. The molecule has 1 aromatic heterocycles. The molecule has 1 heterocycles. The first kappa shape index (κ1) is 15.7. The molecule has 3 aromatic rings. The molecule has 0 aliphatic carbocycles. The van der Waals surface area contributed by atoms with E-state index < -0.39 is 17.6 Å². The molecule has 122 valence electrons. The largest absolute Gasteiger partial charge is 0.416 e. The van der Waals surface area contributed by atoms with Gasteiger partial charge in [-0.2, -0.15) is 13.2 Å². The summed E-state index contributed by atoms with van der Waals surface area (Å²) in [6, 6.07) is 13.1. The van der Waals surface area contributed by atoms with Crippen molar-refractivity contribution in [3.05, 3.63) is 65.7 Å². The summed E-state index contributed by atoms with van der Waals surface area (Å²) in [6.45, 7) is 0. The standard InChI is InChI=1S/C16H11F3N4O/c17-16(18,19)12-8-6-11(7-9-12)14(24)21-15-20-13(22-23-15)10-4-2-1-3-5-10/h1-9H,(H2,20,21,22,23,24). The summed E-state index contributed by atoms with van der Waals surface area (Å²) in [5.74, 6) is -0.00319. The molecule has 0 aliphatic heterocycles. The number of halogens is 3. The molecule has 24 heavy (non-hydrogen) atoms. The minimum absolute atomic E-state index is 0.0839. The first-order valence-electron chi connectivity index (χ1n) is 6.90. The topological polar surface area (TPSA) is 70.7 Å². The van der Waals surface area contributed by atoms with Gasteiger partial charge in [0.05, 0.1) is 5.56 Å². The van der Waals surface area contributed by atoms with E-state index in [4.69, 9.17) is 0 Å². The van der Waals surface area contributed by atoms with Crippen molar-refractivity contribution in [2.24, 2.45) is 0 Å². The van der Waals surface area contributed by atoms with Crippen LogP contribution in [-0.2, 0) is 6.18 Å².